The number of hydrogen-bond donors (Lipinski definition) is 0. The van der Waals surface area contributed by atoms with Gasteiger partial charge in [0.05, 0.1) is 5.02 Å². The van der Waals surface area contributed by atoms with E-state index in [0.29, 0.717) is 33.0 Å². The summed E-state index contributed by atoms with van der Waals surface area (Å²) in [5.74, 6) is 2.36. The second kappa shape index (κ2) is 3.58. The van der Waals surface area contributed by atoms with Gasteiger partial charge in [-0.25, -0.2) is 0 Å². The van der Waals surface area contributed by atoms with Crippen molar-refractivity contribution >= 4 is 23.2 Å². The van der Waals surface area contributed by atoms with E-state index < -0.39 is 0 Å². The third kappa shape index (κ3) is 1.51. The topological polar surface area (TPSA) is 18.5 Å². The normalized spacial score (nSPS) is 12.1. The summed E-state index contributed by atoms with van der Waals surface area (Å²) in [6.45, 7) is 0. The number of hydrogen-bond acceptors (Lipinski definition) is 2. The van der Waals surface area contributed by atoms with Gasteiger partial charge in [-0.1, -0.05) is 29.3 Å². The fourth-order valence-electron chi connectivity index (χ4n) is 1.54. The first-order valence-electron chi connectivity index (χ1n) is 4.68. The Kier molecular flexibility index (Phi) is 2.20. The second-order valence-corrected chi connectivity index (χ2v) is 4.21. The molecule has 3 rings (SSSR count). The zero-order valence-corrected chi connectivity index (χ0v) is 9.55. The van der Waals surface area contributed by atoms with Crippen molar-refractivity contribution < 1.29 is 9.47 Å². The average molecular weight is 253 g/mol. The van der Waals surface area contributed by atoms with Crippen molar-refractivity contribution in [3.05, 3.63) is 46.4 Å². The lowest BCUT2D eigenvalue weighted by Gasteiger charge is -2.21. The highest BCUT2D eigenvalue weighted by molar-refractivity contribution is 6.32. The lowest BCUT2D eigenvalue weighted by atomic mass is 10.2. The van der Waals surface area contributed by atoms with Crippen LogP contribution < -0.4 is 9.47 Å². The molecule has 0 unspecified atom stereocenters. The van der Waals surface area contributed by atoms with Crippen molar-refractivity contribution in [1.29, 1.82) is 0 Å². The van der Waals surface area contributed by atoms with E-state index in [9.17, 15) is 0 Å². The Bertz CT molecular complexity index is 567. The molecule has 0 atom stereocenters. The molecule has 0 aromatic heterocycles. The molecule has 1 aliphatic rings. The van der Waals surface area contributed by atoms with Gasteiger partial charge in [0.25, 0.3) is 0 Å². The second-order valence-electron chi connectivity index (χ2n) is 3.36. The summed E-state index contributed by atoms with van der Waals surface area (Å²) in [4.78, 5) is 0. The zero-order valence-electron chi connectivity index (χ0n) is 8.04. The summed E-state index contributed by atoms with van der Waals surface area (Å²) in [5.41, 5.74) is 0. The molecule has 0 amide bonds. The summed E-state index contributed by atoms with van der Waals surface area (Å²) in [6.07, 6.45) is 0. The lowest BCUT2D eigenvalue weighted by molar-refractivity contribution is 0.360. The van der Waals surface area contributed by atoms with Crippen LogP contribution in [-0.4, -0.2) is 0 Å². The number of para-hydroxylation sites is 1. The molecule has 1 aliphatic heterocycles. The predicted octanol–water partition coefficient (Wildman–Crippen LogP) is 4.89. The molecular weight excluding hydrogens is 247 g/mol. The molecule has 0 radical (unpaired) electrons. The molecule has 0 fully saturated rings. The molecule has 80 valence electrons. The van der Waals surface area contributed by atoms with Crippen LogP contribution in [0.2, 0.25) is 10.0 Å². The summed E-state index contributed by atoms with van der Waals surface area (Å²) in [5, 5.41) is 1.11. The van der Waals surface area contributed by atoms with E-state index in [4.69, 9.17) is 32.7 Å². The van der Waals surface area contributed by atoms with Gasteiger partial charge in [0.15, 0.2) is 23.0 Å². The molecule has 0 spiro atoms. The summed E-state index contributed by atoms with van der Waals surface area (Å²) < 4.78 is 11.3. The van der Waals surface area contributed by atoms with E-state index >= 15 is 0 Å². The fourth-order valence-corrected chi connectivity index (χ4v) is 1.91. The molecule has 2 aromatic rings. The smallest absolute Gasteiger partial charge is 0.188 e. The van der Waals surface area contributed by atoms with E-state index in [1.807, 2.05) is 6.07 Å². The van der Waals surface area contributed by atoms with E-state index in [1.54, 1.807) is 30.3 Å². The van der Waals surface area contributed by atoms with E-state index in [2.05, 4.69) is 0 Å². The number of rotatable bonds is 0. The molecule has 0 N–H and O–H groups in total. The Hall–Kier alpha value is -1.38. The summed E-state index contributed by atoms with van der Waals surface area (Å²) in [6, 6.07) is 10.6. The van der Waals surface area contributed by atoms with Gasteiger partial charge in [-0.15, -0.1) is 0 Å². The van der Waals surface area contributed by atoms with Crippen LogP contribution in [0.5, 0.6) is 23.0 Å². The highest BCUT2D eigenvalue weighted by Gasteiger charge is 2.20. The van der Waals surface area contributed by atoms with Gasteiger partial charge in [-0.05, 0) is 24.3 Å². The standard InChI is InChI=1S/C12H6Cl2O2/c13-7-4-5-9-11(6-7)16-12-8(14)2-1-3-10(12)15-9/h1-6H. The van der Waals surface area contributed by atoms with Gasteiger partial charge < -0.3 is 9.47 Å². The third-order valence-electron chi connectivity index (χ3n) is 2.27. The highest BCUT2D eigenvalue weighted by Crippen LogP contribution is 2.48. The maximum atomic E-state index is 6.01. The van der Waals surface area contributed by atoms with Crippen molar-refractivity contribution in [3.63, 3.8) is 0 Å². The first kappa shape index (κ1) is 9.82. The van der Waals surface area contributed by atoms with Crippen LogP contribution in [0.4, 0.5) is 0 Å². The lowest BCUT2D eigenvalue weighted by Crippen LogP contribution is -1.98. The molecule has 0 saturated carbocycles. The van der Waals surface area contributed by atoms with Crippen molar-refractivity contribution in [2.75, 3.05) is 0 Å². The molecule has 16 heavy (non-hydrogen) atoms. The zero-order chi connectivity index (χ0) is 11.1. The minimum absolute atomic E-state index is 0.517. The largest absolute Gasteiger partial charge is 0.449 e. The molecule has 2 aromatic carbocycles. The first-order chi connectivity index (χ1) is 7.74. The van der Waals surface area contributed by atoms with E-state index in [-0.39, 0.29) is 0 Å². The minimum atomic E-state index is 0.517. The quantitative estimate of drug-likeness (QED) is 0.567. The monoisotopic (exact) mass is 252 g/mol. The number of benzene rings is 2. The fraction of sp³-hybridized carbons (Fsp3) is 0. The molecule has 2 nitrogen and oxygen atoms in total. The van der Waals surface area contributed by atoms with Crippen LogP contribution in [0, 0.1) is 0 Å². The average Bonchev–Trinajstić information content (AvgIpc) is 2.28. The Morgan fingerprint density at radius 2 is 1.69 bits per heavy atom. The Morgan fingerprint density at radius 3 is 2.56 bits per heavy atom. The van der Waals surface area contributed by atoms with Gasteiger partial charge in [-0.2, -0.15) is 0 Å². The van der Waals surface area contributed by atoms with Crippen LogP contribution in [-0.2, 0) is 0 Å². The third-order valence-corrected chi connectivity index (χ3v) is 2.80. The summed E-state index contributed by atoms with van der Waals surface area (Å²) in [7, 11) is 0. The Morgan fingerprint density at radius 1 is 0.812 bits per heavy atom. The molecule has 0 aliphatic carbocycles. The van der Waals surface area contributed by atoms with Crippen LogP contribution in [0.1, 0.15) is 0 Å². The van der Waals surface area contributed by atoms with Crippen LogP contribution in [0.15, 0.2) is 36.4 Å². The summed E-state index contributed by atoms with van der Waals surface area (Å²) >= 11 is 11.9. The van der Waals surface area contributed by atoms with Crippen LogP contribution >= 0.6 is 23.2 Å². The molecule has 0 bridgehead atoms. The van der Waals surface area contributed by atoms with Gasteiger partial charge in [-0.3, -0.25) is 0 Å². The van der Waals surface area contributed by atoms with Crippen LogP contribution in [0.3, 0.4) is 0 Å². The minimum Gasteiger partial charge on any atom is -0.449 e. The number of fused-ring (bicyclic) bond motifs is 2. The van der Waals surface area contributed by atoms with Crippen molar-refractivity contribution in [2.24, 2.45) is 0 Å². The molecule has 0 saturated heterocycles. The van der Waals surface area contributed by atoms with E-state index in [1.165, 1.54) is 0 Å². The van der Waals surface area contributed by atoms with Gasteiger partial charge >= 0.3 is 0 Å². The first-order valence-corrected chi connectivity index (χ1v) is 5.43. The SMILES string of the molecule is Clc1ccc2c(c1)Oc1c(Cl)cccc1O2. The predicted molar refractivity (Wildman–Crippen MR) is 63.1 cm³/mol. The molecule has 1 heterocycles. The maximum Gasteiger partial charge on any atom is 0.188 e. The van der Waals surface area contributed by atoms with Crippen molar-refractivity contribution in [3.8, 4) is 23.0 Å². The number of halogens is 2. The number of ether oxygens (including phenoxy) is 2. The highest BCUT2D eigenvalue weighted by atomic mass is 35.5. The van der Waals surface area contributed by atoms with Crippen molar-refractivity contribution in [1.82, 2.24) is 0 Å². The Balaban J connectivity index is 2.13. The maximum absolute atomic E-state index is 6.01. The van der Waals surface area contributed by atoms with Gasteiger partial charge in [0, 0.05) is 11.1 Å². The van der Waals surface area contributed by atoms with Gasteiger partial charge in [0.2, 0.25) is 0 Å². The van der Waals surface area contributed by atoms with Gasteiger partial charge in [0.1, 0.15) is 0 Å². The Labute approximate surface area is 102 Å². The molecule has 4 heteroatoms. The van der Waals surface area contributed by atoms with E-state index in [0.717, 1.165) is 0 Å². The van der Waals surface area contributed by atoms with Crippen LogP contribution in [0.25, 0.3) is 0 Å². The van der Waals surface area contributed by atoms with Crippen molar-refractivity contribution in [2.45, 2.75) is 0 Å². The molecular formula is C12H6Cl2O2.